The third-order valence-electron chi connectivity index (χ3n) is 6.43. The van der Waals surface area contributed by atoms with E-state index in [0.29, 0.717) is 48.8 Å². The van der Waals surface area contributed by atoms with Gasteiger partial charge in [0.1, 0.15) is 10.5 Å². The fraction of sp³-hybridized carbons (Fsp3) is 0.417. The van der Waals surface area contributed by atoms with Crippen molar-refractivity contribution in [1.29, 1.82) is 0 Å². The number of aryl methyl sites for hydroxylation is 3. The average Bonchev–Trinajstić information content (AvgIpc) is 3.49. The lowest BCUT2D eigenvalue weighted by Crippen LogP contribution is -2.49. The minimum atomic E-state index is -0.0258. The highest BCUT2D eigenvalue weighted by molar-refractivity contribution is 7.17. The Morgan fingerprint density at radius 2 is 1.94 bits per heavy atom. The van der Waals surface area contributed by atoms with Crippen LogP contribution < -0.4 is 10.5 Å². The van der Waals surface area contributed by atoms with Gasteiger partial charge in [-0.15, -0.1) is 21.5 Å². The first-order chi connectivity index (χ1) is 16.5. The van der Waals surface area contributed by atoms with Crippen LogP contribution in [0.25, 0.3) is 16.0 Å². The molecule has 5 rings (SSSR count). The van der Waals surface area contributed by atoms with Crippen LogP contribution in [0.4, 0.5) is 5.69 Å². The summed E-state index contributed by atoms with van der Waals surface area (Å²) in [6, 6.07) is 7.85. The smallest absolute Gasteiger partial charge is 0.272 e. The predicted octanol–water partition coefficient (Wildman–Crippen LogP) is 3.76. The molecule has 0 saturated carbocycles. The lowest BCUT2D eigenvalue weighted by molar-refractivity contribution is -0.131. The van der Waals surface area contributed by atoms with Gasteiger partial charge in [0.25, 0.3) is 5.56 Å². The number of halogens is 1. The van der Waals surface area contributed by atoms with Gasteiger partial charge >= 0.3 is 0 Å². The maximum atomic E-state index is 13.0. The highest BCUT2D eigenvalue weighted by Crippen LogP contribution is 2.26. The molecule has 0 radical (unpaired) electrons. The minimum absolute atomic E-state index is 0.0258. The SMILES string of the molecule is CCCn1c(=O)c2sccc2n2c(CCC(=O)N3CCN(c4cc(Cl)ccc4C)CC3)nnc12. The van der Waals surface area contributed by atoms with Gasteiger partial charge in [-0.1, -0.05) is 24.6 Å². The predicted molar refractivity (Wildman–Crippen MR) is 136 cm³/mol. The van der Waals surface area contributed by atoms with Gasteiger partial charge in [-0.05, 0) is 42.5 Å². The number of thiophene rings is 1. The maximum Gasteiger partial charge on any atom is 0.272 e. The van der Waals surface area contributed by atoms with Crippen molar-refractivity contribution in [2.45, 2.75) is 39.7 Å². The molecule has 4 aromatic rings. The second kappa shape index (κ2) is 9.38. The molecule has 3 aromatic heterocycles. The van der Waals surface area contributed by atoms with Gasteiger partial charge in [-0.2, -0.15) is 0 Å². The number of hydrogen-bond donors (Lipinski definition) is 0. The normalized spacial score (nSPS) is 14.4. The molecule has 0 aliphatic carbocycles. The number of benzene rings is 1. The third-order valence-corrected chi connectivity index (χ3v) is 7.56. The Morgan fingerprint density at radius 3 is 2.71 bits per heavy atom. The molecule has 10 heteroatoms. The molecule has 1 amide bonds. The van der Waals surface area contributed by atoms with Gasteiger partial charge < -0.3 is 9.80 Å². The first-order valence-corrected chi connectivity index (χ1v) is 12.9. The molecule has 1 aliphatic heterocycles. The summed E-state index contributed by atoms with van der Waals surface area (Å²) in [5.74, 6) is 1.37. The molecule has 0 spiro atoms. The van der Waals surface area contributed by atoms with Crippen molar-refractivity contribution in [3.63, 3.8) is 0 Å². The molecular weight excluding hydrogens is 472 g/mol. The first kappa shape index (κ1) is 22.9. The lowest BCUT2D eigenvalue weighted by Gasteiger charge is -2.37. The van der Waals surface area contributed by atoms with Crippen LogP contribution in [0.1, 0.15) is 31.2 Å². The van der Waals surface area contributed by atoms with E-state index in [1.807, 2.05) is 45.9 Å². The molecule has 1 fully saturated rings. The van der Waals surface area contributed by atoms with Crippen LogP contribution >= 0.6 is 22.9 Å². The Kier molecular flexibility index (Phi) is 6.31. The molecule has 1 saturated heterocycles. The summed E-state index contributed by atoms with van der Waals surface area (Å²) in [4.78, 5) is 30.1. The molecule has 0 unspecified atom stereocenters. The summed E-state index contributed by atoms with van der Waals surface area (Å²) >= 11 is 7.62. The van der Waals surface area contributed by atoms with Gasteiger partial charge in [-0.25, -0.2) is 0 Å². The standard InChI is InChI=1S/C24H27ClN6O2S/c1-3-9-30-23(33)22-18(8-14-34-22)31-20(26-27-24(30)31)6-7-21(32)29-12-10-28(11-13-29)19-15-17(25)5-4-16(19)2/h4-5,8,14-15H,3,6-7,9-13H2,1-2H3. The van der Waals surface area contributed by atoms with Crippen LogP contribution in [0.15, 0.2) is 34.4 Å². The zero-order chi connectivity index (χ0) is 23.8. The molecular formula is C24H27ClN6O2S. The number of aromatic nitrogens is 4. The molecule has 0 bridgehead atoms. The highest BCUT2D eigenvalue weighted by atomic mass is 35.5. The zero-order valence-corrected chi connectivity index (χ0v) is 20.9. The Morgan fingerprint density at radius 1 is 1.15 bits per heavy atom. The number of rotatable bonds is 6. The van der Waals surface area contributed by atoms with Crippen LogP contribution in [0.3, 0.4) is 0 Å². The second-order valence-electron chi connectivity index (χ2n) is 8.64. The molecule has 1 aliphatic rings. The monoisotopic (exact) mass is 498 g/mol. The quantitative estimate of drug-likeness (QED) is 0.404. The van der Waals surface area contributed by atoms with Crippen LogP contribution in [-0.4, -0.2) is 56.2 Å². The number of anilines is 1. The number of amides is 1. The van der Waals surface area contributed by atoms with Crippen molar-refractivity contribution in [3.8, 4) is 0 Å². The first-order valence-electron chi connectivity index (χ1n) is 11.6. The zero-order valence-electron chi connectivity index (χ0n) is 19.3. The van der Waals surface area contributed by atoms with Crippen LogP contribution in [-0.2, 0) is 17.8 Å². The number of piperazine rings is 1. The molecule has 0 atom stereocenters. The molecule has 4 heterocycles. The van der Waals surface area contributed by atoms with E-state index in [2.05, 4.69) is 22.0 Å². The van der Waals surface area contributed by atoms with Crippen molar-refractivity contribution in [3.05, 3.63) is 56.4 Å². The van der Waals surface area contributed by atoms with Crippen LogP contribution in [0.5, 0.6) is 0 Å². The van der Waals surface area contributed by atoms with E-state index in [4.69, 9.17) is 11.6 Å². The number of nitrogens with zero attached hydrogens (tertiary/aromatic N) is 6. The number of fused-ring (bicyclic) bond motifs is 3. The fourth-order valence-electron chi connectivity index (χ4n) is 4.66. The van der Waals surface area contributed by atoms with E-state index < -0.39 is 0 Å². The van der Waals surface area contributed by atoms with Gasteiger partial charge in [0.2, 0.25) is 11.7 Å². The summed E-state index contributed by atoms with van der Waals surface area (Å²) in [5, 5.41) is 11.3. The van der Waals surface area contributed by atoms with E-state index in [0.717, 1.165) is 35.7 Å². The van der Waals surface area contributed by atoms with Gasteiger partial charge in [0.05, 0.1) is 5.52 Å². The van der Waals surface area contributed by atoms with Gasteiger partial charge in [0, 0.05) is 56.3 Å². The van der Waals surface area contributed by atoms with Crippen molar-refractivity contribution in [2.75, 3.05) is 31.1 Å². The Hall–Kier alpha value is -2.91. The minimum Gasteiger partial charge on any atom is -0.368 e. The summed E-state index contributed by atoms with van der Waals surface area (Å²) in [6.07, 6.45) is 1.66. The Balaban J connectivity index is 1.29. The summed E-state index contributed by atoms with van der Waals surface area (Å²) < 4.78 is 4.32. The van der Waals surface area contributed by atoms with E-state index >= 15 is 0 Å². The maximum absolute atomic E-state index is 13.0. The van der Waals surface area contributed by atoms with Gasteiger partial charge in [0.15, 0.2) is 0 Å². The molecule has 8 nitrogen and oxygen atoms in total. The highest BCUT2D eigenvalue weighted by Gasteiger charge is 2.23. The second-order valence-corrected chi connectivity index (χ2v) is 9.99. The van der Waals surface area contributed by atoms with Crippen LogP contribution in [0, 0.1) is 6.92 Å². The molecule has 178 valence electrons. The van der Waals surface area contributed by atoms with Crippen LogP contribution in [0.2, 0.25) is 5.02 Å². The van der Waals surface area contributed by atoms with Crippen molar-refractivity contribution in [1.82, 2.24) is 24.1 Å². The van der Waals surface area contributed by atoms with Crippen molar-refractivity contribution in [2.24, 2.45) is 0 Å². The largest absolute Gasteiger partial charge is 0.368 e. The lowest BCUT2D eigenvalue weighted by atomic mass is 10.1. The van der Waals surface area contributed by atoms with E-state index in [9.17, 15) is 9.59 Å². The third kappa shape index (κ3) is 4.07. The Labute approximate surface area is 206 Å². The molecule has 0 N–H and O–H groups in total. The Bertz CT molecular complexity index is 1420. The number of hydrogen-bond acceptors (Lipinski definition) is 6. The summed E-state index contributed by atoms with van der Waals surface area (Å²) in [7, 11) is 0. The summed E-state index contributed by atoms with van der Waals surface area (Å²) in [5.41, 5.74) is 3.11. The van der Waals surface area contributed by atoms with Gasteiger partial charge in [-0.3, -0.25) is 18.6 Å². The van der Waals surface area contributed by atoms with Crippen molar-refractivity contribution < 1.29 is 4.79 Å². The number of carbonyl (C=O) groups excluding carboxylic acids is 1. The average molecular weight is 499 g/mol. The molecule has 34 heavy (non-hydrogen) atoms. The topological polar surface area (TPSA) is 75.7 Å². The van der Waals surface area contributed by atoms with E-state index in [1.54, 1.807) is 4.57 Å². The number of carbonyl (C=O) groups is 1. The fourth-order valence-corrected chi connectivity index (χ4v) is 5.66. The van der Waals surface area contributed by atoms with E-state index in [-0.39, 0.29) is 11.5 Å². The summed E-state index contributed by atoms with van der Waals surface area (Å²) in [6.45, 7) is 7.61. The van der Waals surface area contributed by atoms with E-state index in [1.165, 1.54) is 16.9 Å². The molecule has 1 aromatic carbocycles. The van der Waals surface area contributed by atoms with Crippen molar-refractivity contribution >= 4 is 50.5 Å².